The molecule has 0 radical (unpaired) electrons. The van der Waals surface area contributed by atoms with Crippen molar-refractivity contribution in [3.8, 4) is 0 Å². The fraction of sp³-hybridized carbons (Fsp3) is 0.524. The molecule has 1 aromatic rings. The van der Waals surface area contributed by atoms with E-state index in [2.05, 4.69) is 10.6 Å². The van der Waals surface area contributed by atoms with E-state index in [1.54, 1.807) is 36.1 Å². The number of ether oxygens (including phenoxy) is 1. The molecule has 0 saturated carbocycles. The van der Waals surface area contributed by atoms with E-state index < -0.39 is 6.04 Å². The number of rotatable bonds is 6. The van der Waals surface area contributed by atoms with Gasteiger partial charge < -0.3 is 25.2 Å². The van der Waals surface area contributed by atoms with Gasteiger partial charge in [-0.15, -0.1) is 0 Å². The highest BCUT2D eigenvalue weighted by atomic mass is 16.6. The normalized spacial score (nSPS) is 19.5. The monoisotopic (exact) mass is 431 g/mol. The number of benzene rings is 1. The summed E-state index contributed by atoms with van der Waals surface area (Å²) in [6.45, 7) is 5.00. The summed E-state index contributed by atoms with van der Waals surface area (Å²) in [5.74, 6) is -0.846. The fourth-order valence-electron chi connectivity index (χ4n) is 3.71. The quantitative estimate of drug-likeness (QED) is 0.662. The Bertz CT molecular complexity index is 795. The van der Waals surface area contributed by atoms with Crippen LogP contribution in [0.4, 0.5) is 10.5 Å². The molecule has 0 bridgehead atoms. The minimum absolute atomic E-state index is 0.108. The zero-order valence-corrected chi connectivity index (χ0v) is 17.7. The predicted octanol–water partition coefficient (Wildman–Crippen LogP) is 0.116. The maximum absolute atomic E-state index is 12.9. The van der Waals surface area contributed by atoms with Crippen LogP contribution in [-0.2, 0) is 19.1 Å². The van der Waals surface area contributed by atoms with Crippen LogP contribution in [0.15, 0.2) is 30.3 Å². The summed E-state index contributed by atoms with van der Waals surface area (Å²) >= 11 is 0. The second-order valence-corrected chi connectivity index (χ2v) is 7.47. The third kappa shape index (κ3) is 6.17. The number of carbonyl (C=O) groups is 4. The Labute approximate surface area is 181 Å². The molecule has 4 amide bonds. The molecule has 10 heteroatoms. The minimum atomic E-state index is -0.842. The maximum Gasteiger partial charge on any atom is 0.409 e. The van der Waals surface area contributed by atoms with Crippen molar-refractivity contribution < 1.29 is 23.9 Å². The van der Waals surface area contributed by atoms with Gasteiger partial charge in [0.05, 0.1) is 19.6 Å². The molecule has 2 N–H and O–H groups in total. The van der Waals surface area contributed by atoms with Crippen LogP contribution < -0.4 is 10.6 Å². The predicted molar refractivity (Wildman–Crippen MR) is 113 cm³/mol. The molecule has 3 rings (SSSR count). The lowest BCUT2D eigenvalue weighted by molar-refractivity contribution is -0.145. The first-order valence-electron chi connectivity index (χ1n) is 10.5. The van der Waals surface area contributed by atoms with Gasteiger partial charge in [-0.3, -0.25) is 19.3 Å². The van der Waals surface area contributed by atoms with Crippen molar-refractivity contribution in [3.63, 3.8) is 0 Å². The van der Waals surface area contributed by atoms with E-state index in [1.807, 2.05) is 11.0 Å². The Morgan fingerprint density at radius 3 is 2.48 bits per heavy atom. The SMILES string of the molecule is CCOC(=O)N1CCN(CC(=O)N2CCNC(=O)[C@@H]2CC(=O)Nc2ccccc2)CC1. The summed E-state index contributed by atoms with van der Waals surface area (Å²) in [6, 6.07) is 8.14. The van der Waals surface area contributed by atoms with Gasteiger partial charge in [-0.1, -0.05) is 18.2 Å². The number of hydrogen-bond donors (Lipinski definition) is 2. The van der Waals surface area contributed by atoms with E-state index in [0.29, 0.717) is 51.6 Å². The average molecular weight is 431 g/mol. The van der Waals surface area contributed by atoms with Gasteiger partial charge in [0.15, 0.2) is 0 Å². The number of piperazine rings is 2. The van der Waals surface area contributed by atoms with Crippen LogP contribution >= 0.6 is 0 Å². The lowest BCUT2D eigenvalue weighted by atomic mass is 10.1. The molecular weight excluding hydrogens is 402 g/mol. The first kappa shape index (κ1) is 22.5. The summed E-state index contributed by atoms with van der Waals surface area (Å²) < 4.78 is 5.01. The Morgan fingerprint density at radius 1 is 1.10 bits per heavy atom. The van der Waals surface area contributed by atoms with E-state index in [1.165, 1.54) is 4.90 Å². The largest absolute Gasteiger partial charge is 0.450 e. The number of nitrogens with one attached hydrogen (secondary N) is 2. The van der Waals surface area contributed by atoms with Crippen LogP contribution in [0.1, 0.15) is 13.3 Å². The van der Waals surface area contributed by atoms with Gasteiger partial charge in [0.1, 0.15) is 6.04 Å². The van der Waals surface area contributed by atoms with E-state index >= 15 is 0 Å². The minimum Gasteiger partial charge on any atom is -0.450 e. The number of amides is 4. The van der Waals surface area contributed by atoms with Crippen molar-refractivity contribution in [1.29, 1.82) is 0 Å². The van der Waals surface area contributed by atoms with Crippen LogP contribution in [0.5, 0.6) is 0 Å². The number of para-hydroxylation sites is 1. The van der Waals surface area contributed by atoms with Crippen molar-refractivity contribution in [1.82, 2.24) is 20.0 Å². The van der Waals surface area contributed by atoms with Crippen LogP contribution in [0.3, 0.4) is 0 Å². The van der Waals surface area contributed by atoms with E-state index in [4.69, 9.17) is 4.74 Å². The molecule has 2 saturated heterocycles. The molecule has 2 heterocycles. The van der Waals surface area contributed by atoms with Gasteiger partial charge in [-0.05, 0) is 19.1 Å². The van der Waals surface area contributed by atoms with Gasteiger partial charge in [-0.25, -0.2) is 4.79 Å². The molecule has 2 fully saturated rings. The molecule has 0 aromatic heterocycles. The van der Waals surface area contributed by atoms with Crippen molar-refractivity contribution in [2.75, 3.05) is 57.7 Å². The number of nitrogens with zero attached hydrogens (tertiary/aromatic N) is 3. The van der Waals surface area contributed by atoms with Crippen molar-refractivity contribution >= 4 is 29.5 Å². The number of anilines is 1. The lowest BCUT2D eigenvalue weighted by Crippen LogP contribution is -2.60. The molecule has 0 unspecified atom stereocenters. The second-order valence-electron chi connectivity index (χ2n) is 7.47. The van der Waals surface area contributed by atoms with Gasteiger partial charge in [0, 0.05) is 45.0 Å². The Hall–Kier alpha value is -3.14. The third-order valence-electron chi connectivity index (χ3n) is 5.34. The molecule has 10 nitrogen and oxygen atoms in total. The molecule has 0 spiro atoms. The van der Waals surface area contributed by atoms with Gasteiger partial charge in [0.25, 0.3) is 0 Å². The lowest BCUT2D eigenvalue weighted by Gasteiger charge is -2.38. The Morgan fingerprint density at radius 2 is 1.81 bits per heavy atom. The highest BCUT2D eigenvalue weighted by molar-refractivity contribution is 5.97. The van der Waals surface area contributed by atoms with Crippen LogP contribution in [-0.4, -0.2) is 97.0 Å². The zero-order chi connectivity index (χ0) is 22.2. The summed E-state index contributed by atoms with van der Waals surface area (Å²) in [7, 11) is 0. The summed E-state index contributed by atoms with van der Waals surface area (Å²) in [6.07, 6.45) is -0.450. The van der Waals surface area contributed by atoms with Crippen LogP contribution in [0.25, 0.3) is 0 Å². The highest BCUT2D eigenvalue weighted by Gasteiger charge is 2.35. The number of hydrogen-bond acceptors (Lipinski definition) is 6. The van der Waals surface area contributed by atoms with Gasteiger partial charge in [0.2, 0.25) is 17.7 Å². The van der Waals surface area contributed by atoms with Crippen molar-refractivity contribution in [2.45, 2.75) is 19.4 Å². The molecule has 31 heavy (non-hydrogen) atoms. The smallest absolute Gasteiger partial charge is 0.409 e. The maximum atomic E-state index is 12.9. The zero-order valence-electron chi connectivity index (χ0n) is 17.7. The van der Waals surface area contributed by atoms with Crippen LogP contribution in [0.2, 0.25) is 0 Å². The molecule has 1 atom stereocenters. The third-order valence-corrected chi connectivity index (χ3v) is 5.34. The molecule has 2 aliphatic heterocycles. The molecule has 1 aromatic carbocycles. The standard InChI is InChI=1S/C21H29N5O5/c1-2-31-21(30)25-12-10-24(11-13-25)15-19(28)26-9-8-22-20(29)17(26)14-18(27)23-16-6-4-3-5-7-16/h3-7,17H,2,8-15H2,1H3,(H,22,29)(H,23,27)/t17-/m0/s1. The van der Waals surface area contributed by atoms with Crippen molar-refractivity contribution in [3.05, 3.63) is 30.3 Å². The first-order chi connectivity index (χ1) is 15.0. The summed E-state index contributed by atoms with van der Waals surface area (Å²) in [4.78, 5) is 54.7. The van der Waals surface area contributed by atoms with Gasteiger partial charge in [-0.2, -0.15) is 0 Å². The van der Waals surface area contributed by atoms with Gasteiger partial charge >= 0.3 is 6.09 Å². The summed E-state index contributed by atoms with van der Waals surface area (Å²) in [5, 5.41) is 5.50. The topological polar surface area (TPSA) is 111 Å². The van der Waals surface area contributed by atoms with E-state index in [9.17, 15) is 19.2 Å². The average Bonchev–Trinajstić information content (AvgIpc) is 2.76. The van der Waals surface area contributed by atoms with Crippen molar-refractivity contribution in [2.24, 2.45) is 0 Å². The second kappa shape index (κ2) is 10.8. The first-order valence-corrected chi connectivity index (χ1v) is 10.5. The molecular formula is C21H29N5O5. The van der Waals surface area contributed by atoms with E-state index in [0.717, 1.165) is 0 Å². The number of carbonyl (C=O) groups excluding carboxylic acids is 4. The molecule has 168 valence electrons. The molecule has 0 aliphatic carbocycles. The van der Waals surface area contributed by atoms with E-state index in [-0.39, 0.29) is 36.8 Å². The Kier molecular flexibility index (Phi) is 7.82. The highest BCUT2D eigenvalue weighted by Crippen LogP contribution is 2.13. The molecule has 2 aliphatic rings. The Balaban J connectivity index is 1.54. The van der Waals surface area contributed by atoms with Crippen LogP contribution in [0, 0.1) is 0 Å². The summed E-state index contributed by atoms with van der Waals surface area (Å²) in [5.41, 5.74) is 0.640. The fourth-order valence-corrected chi connectivity index (χ4v) is 3.71.